The van der Waals surface area contributed by atoms with Crippen LogP contribution in [0.2, 0.25) is 18.6 Å². The topological polar surface area (TPSA) is 155 Å². The Hall–Kier alpha value is -4.21. The number of hydrogen-bond donors (Lipinski definition) is 3. The molecule has 0 aromatic heterocycles. The summed E-state index contributed by atoms with van der Waals surface area (Å²) in [5.74, 6) is -0.543. The van der Waals surface area contributed by atoms with Crippen molar-refractivity contribution >= 4 is 43.0 Å². The number of aliphatic hydroxyl groups is 2. The highest BCUT2D eigenvalue weighted by Crippen LogP contribution is 2.60. The molecule has 3 aliphatic rings. The van der Waals surface area contributed by atoms with Gasteiger partial charge in [0, 0.05) is 48.1 Å². The number of nitrogens with one attached hydrogen (secondary N) is 1. The van der Waals surface area contributed by atoms with Gasteiger partial charge in [-0.1, -0.05) is 19.1 Å². The minimum Gasteiger partial charge on any atom is -0.494 e. The molecule has 3 aliphatic heterocycles. The van der Waals surface area contributed by atoms with E-state index in [0.717, 1.165) is 11.3 Å². The van der Waals surface area contributed by atoms with Gasteiger partial charge in [0.25, 0.3) is 11.6 Å². The van der Waals surface area contributed by atoms with E-state index in [4.69, 9.17) is 9.47 Å². The number of halogens is 1. The average molecular weight is 735 g/mol. The number of carbonyl (C=O) groups is 2. The van der Waals surface area contributed by atoms with Gasteiger partial charge >= 0.3 is 0 Å². The van der Waals surface area contributed by atoms with Gasteiger partial charge in [0.05, 0.1) is 41.6 Å². The first-order chi connectivity index (χ1) is 24.8. The van der Waals surface area contributed by atoms with Crippen LogP contribution in [0.25, 0.3) is 0 Å². The Bertz CT molecular complexity index is 1840. The number of hydrogen-bond acceptors (Lipinski definition) is 9. The molecule has 0 radical (unpaired) electrons. The van der Waals surface area contributed by atoms with E-state index in [1.54, 1.807) is 31.0 Å². The molecule has 52 heavy (non-hydrogen) atoms. The first kappa shape index (κ1) is 37.5. The lowest BCUT2D eigenvalue weighted by Gasteiger charge is -2.35. The van der Waals surface area contributed by atoms with Crippen molar-refractivity contribution in [1.82, 2.24) is 5.32 Å². The van der Waals surface area contributed by atoms with Gasteiger partial charge in [-0.2, -0.15) is 0 Å². The van der Waals surface area contributed by atoms with Crippen molar-refractivity contribution in [1.29, 1.82) is 0 Å². The van der Waals surface area contributed by atoms with Crippen LogP contribution >= 0.6 is 0 Å². The fourth-order valence-corrected chi connectivity index (χ4v) is 10.9. The van der Waals surface area contributed by atoms with E-state index in [0.29, 0.717) is 60.7 Å². The van der Waals surface area contributed by atoms with Crippen LogP contribution in [-0.4, -0.2) is 73.9 Å². The molecule has 1 fully saturated rings. The lowest BCUT2D eigenvalue weighted by molar-refractivity contribution is -0.385. The quantitative estimate of drug-likeness (QED) is 0.0627. The number of anilines is 3. The van der Waals surface area contributed by atoms with Gasteiger partial charge in [0.1, 0.15) is 5.75 Å². The average Bonchev–Trinajstić information content (AvgIpc) is 3.53. The Morgan fingerprint density at radius 1 is 1.08 bits per heavy atom. The second kappa shape index (κ2) is 15.0. The Labute approximate surface area is 303 Å². The number of fused-ring (bicyclic) bond motifs is 3. The van der Waals surface area contributed by atoms with Crippen LogP contribution in [0.5, 0.6) is 5.75 Å². The van der Waals surface area contributed by atoms with Crippen LogP contribution in [0.1, 0.15) is 49.8 Å². The van der Waals surface area contributed by atoms with Gasteiger partial charge < -0.3 is 34.0 Å². The summed E-state index contributed by atoms with van der Waals surface area (Å²) >= 11 is 0. The van der Waals surface area contributed by atoms with E-state index in [9.17, 15) is 29.9 Å². The number of nitro groups is 1. The number of aliphatic hydroxyl groups excluding tert-OH is 2. The van der Waals surface area contributed by atoms with Crippen molar-refractivity contribution < 1.29 is 38.3 Å². The molecule has 278 valence electrons. The summed E-state index contributed by atoms with van der Waals surface area (Å²) in [5.41, 5.74) is 1.18. The number of amides is 2. The van der Waals surface area contributed by atoms with E-state index in [1.807, 2.05) is 49.4 Å². The number of unbranched alkanes of at least 4 members (excludes halogenated alkanes) is 1. The molecule has 0 bridgehead atoms. The van der Waals surface area contributed by atoms with Crippen LogP contribution in [0, 0.1) is 16.0 Å². The Kier molecular flexibility index (Phi) is 10.8. The maximum absolute atomic E-state index is 15.9. The summed E-state index contributed by atoms with van der Waals surface area (Å²) in [7, 11) is -3.46. The van der Waals surface area contributed by atoms with Crippen LogP contribution in [-0.2, 0) is 32.9 Å². The molecular formula is C38H47FN4O8Si. The summed E-state index contributed by atoms with van der Waals surface area (Å²) in [6, 6.07) is 16.7. The smallest absolute Gasteiger partial charge is 0.269 e. The molecule has 3 aromatic rings. The minimum atomic E-state index is -3.46. The fraction of sp³-hybridized carbons (Fsp3) is 0.474. The Balaban J connectivity index is 1.38. The zero-order valence-electron chi connectivity index (χ0n) is 30.0. The normalized spacial score (nSPS) is 24.1. The Morgan fingerprint density at radius 3 is 2.54 bits per heavy atom. The number of non-ortho nitro benzene ring substituents is 1. The number of benzene rings is 3. The molecule has 0 saturated carbocycles. The van der Waals surface area contributed by atoms with Crippen molar-refractivity contribution in [2.45, 2.75) is 82.5 Å². The van der Waals surface area contributed by atoms with Gasteiger partial charge in [0.2, 0.25) is 14.3 Å². The maximum Gasteiger partial charge on any atom is 0.269 e. The van der Waals surface area contributed by atoms with E-state index >= 15 is 4.11 Å². The number of rotatable bonds is 14. The van der Waals surface area contributed by atoms with Crippen molar-refractivity contribution in [3.8, 4) is 5.75 Å². The summed E-state index contributed by atoms with van der Waals surface area (Å²) in [6.07, 6.45) is 1.19. The molecule has 0 aliphatic carbocycles. The summed E-state index contributed by atoms with van der Waals surface area (Å²) in [5, 5.41) is 34.4. The highest BCUT2D eigenvalue weighted by Gasteiger charge is 2.66. The first-order valence-electron chi connectivity index (χ1n) is 18.0. The maximum atomic E-state index is 15.9. The van der Waals surface area contributed by atoms with E-state index in [1.165, 1.54) is 17.0 Å². The van der Waals surface area contributed by atoms with Crippen LogP contribution in [0.3, 0.4) is 0 Å². The molecule has 3 aromatic carbocycles. The largest absolute Gasteiger partial charge is 0.494 e. The molecule has 1 saturated heterocycles. The van der Waals surface area contributed by atoms with Gasteiger partial charge in [0.15, 0.2) is 5.60 Å². The van der Waals surface area contributed by atoms with Crippen molar-refractivity contribution in [3.05, 3.63) is 87.5 Å². The second-order valence-corrected chi connectivity index (χ2v) is 18.1. The Morgan fingerprint density at radius 2 is 1.85 bits per heavy atom. The molecule has 2 amide bonds. The third kappa shape index (κ3) is 6.73. The summed E-state index contributed by atoms with van der Waals surface area (Å²) in [6.45, 7) is 7.73. The minimum absolute atomic E-state index is 0.0576. The van der Waals surface area contributed by atoms with Crippen molar-refractivity contribution in [2.24, 2.45) is 5.92 Å². The summed E-state index contributed by atoms with van der Waals surface area (Å²) in [4.78, 5) is 43.5. The number of nitro benzene ring substituents is 1. The SMILES string of the molecule is CCOc1ccc2c(c1)CC(NCCCCO)C(=O)N2c1cccc(CN2C(=O)[C@@]3(O[C@@H](CCO)[C@H]([Si](C)(C)F)[C@H]3C)c3cc([N+](=O)[O-])ccc32)c1. The third-order valence-electron chi connectivity index (χ3n) is 10.6. The van der Waals surface area contributed by atoms with Crippen LogP contribution in [0.15, 0.2) is 60.7 Å². The highest BCUT2D eigenvalue weighted by molar-refractivity contribution is 6.72. The van der Waals surface area contributed by atoms with Crippen LogP contribution in [0.4, 0.5) is 26.9 Å². The monoisotopic (exact) mass is 734 g/mol. The van der Waals surface area contributed by atoms with Crippen molar-refractivity contribution in [3.63, 3.8) is 0 Å². The molecule has 6 rings (SSSR count). The molecule has 3 heterocycles. The fourth-order valence-electron chi connectivity index (χ4n) is 8.40. The number of carbonyl (C=O) groups excluding carboxylic acids is 2. The van der Waals surface area contributed by atoms with Crippen LogP contribution < -0.4 is 19.9 Å². The van der Waals surface area contributed by atoms with E-state index in [2.05, 4.69) is 5.32 Å². The first-order valence-corrected chi connectivity index (χ1v) is 20.9. The molecule has 5 atom stereocenters. The standard InChI is InChI=1S/C38H47FN4O8Si/c1-5-50-29-12-14-32-26(20-29)21-31(40-16-6-7-17-44)36(46)42(32)27-10-8-9-25(19-27)23-41-33-13-11-28(43(48)49)22-30(33)38(37(41)47)24(2)35(52(3,4)39)34(51-38)15-18-45/h8-14,19-20,22,24,31,34-35,40,44-45H,5-7,15-18,21,23H2,1-4H3/t24-,31?,34+,35-,38+/m1/s1. The van der Waals surface area contributed by atoms with Gasteiger partial charge in [-0.05, 0) is 99.8 Å². The zero-order valence-corrected chi connectivity index (χ0v) is 31.0. The number of nitrogens with zero attached hydrogens (tertiary/aromatic N) is 3. The van der Waals surface area contributed by atoms with Crippen molar-refractivity contribution in [2.75, 3.05) is 36.2 Å². The molecule has 14 heteroatoms. The lowest BCUT2D eigenvalue weighted by atomic mass is 9.82. The second-order valence-electron chi connectivity index (χ2n) is 14.3. The van der Waals surface area contributed by atoms with E-state index < -0.39 is 48.4 Å². The molecule has 3 N–H and O–H groups in total. The molecular weight excluding hydrogens is 688 g/mol. The molecule has 12 nitrogen and oxygen atoms in total. The number of ether oxygens (including phenoxy) is 2. The predicted octanol–water partition coefficient (Wildman–Crippen LogP) is 5.65. The summed E-state index contributed by atoms with van der Waals surface area (Å²) < 4.78 is 28.3. The molecule has 1 unspecified atom stereocenters. The zero-order chi connectivity index (χ0) is 37.4. The van der Waals surface area contributed by atoms with Gasteiger partial charge in [-0.25, -0.2) is 0 Å². The van der Waals surface area contributed by atoms with Gasteiger partial charge in [-0.15, -0.1) is 0 Å². The van der Waals surface area contributed by atoms with Gasteiger partial charge in [-0.3, -0.25) is 24.6 Å². The molecule has 1 spiro atoms. The third-order valence-corrected chi connectivity index (χ3v) is 13.1. The van der Waals surface area contributed by atoms with E-state index in [-0.39, 0.29) is 37.8 Å². The highest BCUT2D eigenvalue weighted by atomic mass is 28.4. The predicted molar refractivity (Wildman–Crippen MR) is 197 cm³/mol. The lowest BCUT2D eigenvalue weighted by Crippen LogP contribution is -2.49.